The maximum atomic E-state index is 13.4. The van der Waals surface area contributed by atoms with Gasteiger partial charge in [0.25, 0.3) is 11.8 Å². The maximum Gasteiger partial charge on any atom is 0.277 e. The number of hydrogen-bond donors (Lipinski definition) is 0. The summed E-state index contributed by atoms with van der Waals surface area (Å²) in [5.41, 5.74) is 3.12. The monoisotopic (exact) mass is 452 g/mol. The average Bonchev–Trinajstić information content (AvgIpc) is 3.06. The molecule has 5 nitrogen and oxygen atoms in total. The zero-order valence-electron chi connectivity index (χ0n) is 18.4. The molecule has 2 amide bonds. The highest BCUT2D eigenvalue weighted by Gasteiger charge is 2.41. The average molecular weight is 453 g/mol. The maximum absolute atomic E-state index is 13.4. The molecule has 2 aromatic carbocycles. The summed E-state index contributed by atoms with van der Waals surface area (Å²) < 4.78 is 5.11. The highest BCUT2D eigenvalue weighted by Crippen LogP contribution is 2.35. The van der Waals surface area contributed by atoms with E-state index >= 15 is 0 Å². The Morgan fingerprint density at radius 2 is 1.66 bits per heavy atom. The van der Waals surface area contributed by atoms with Crippen LogP contribution in [-0.4, -0.2) is 55.0 Å². The van der Waals surface area contributed by atoms with Crippen molar-refractivity contribution in [2.75, 3.05) is 33.4 Å². The molecular formula is C26H29ClN2O3. The van der Waals surface area contributed by atoms with E-state index in [0.29, 0.717) is 41.8 Å². The van der Waals surface area contributed by atoms with Gasteiger partial charge in [-0.1, -0.05) is 54.1 Å². The number of carbonyl (C=O) groups excluding carboxylic acids is 2. The van der Waals surface area contributed by atoms with Crippen molar-refractivity contribution in [2.24, 2.45) is 5.92 Å². The van der Waals surface area contributed by atoms with Crippen molar-refractivity contribution >= 4 is 29.0 Å². The quantitative estimate of drug-likeness (QED) is 0.439. The van der Waals surface area contributed by atoms with Gasteiger partial charge in [0.05, 0.1) is 5.57 Å². The first-order valence-corrected chi connectivity index (χ1v) is 11.6. The summed E-state index contributed by atoms with van der Waals surface area (Å²) >= 11 is 6.06. The van der Waals surface area contributed by atoms with Crippen molar-refractivity contribution in [3.63, 3.8) is 0 Å². The molecule has 0 N–H and O–H groups in total. The molecule has 1 saturated heterocycles. The number of benzene rings is 2. The van der Waals surface area contributed by atoms with Crippen molar-refractivity contribution in [1.82, 2.24) is 9.80 Å². The molecule has 2 aromatic rings. The number of piperidine rings is 1. The number of hydrogen-bond acceptors (Lipinski definition) is 4. The Kier molecular flexibility index (Phi) is 7.28. The number of carbonyl (C=O) groups is 2. The topological polar surface area (TPSA) is 49.9 Å². The lowest BCUT2D eigenvalue weighted by atomic mass is 9.89. The minimum atomic E-state index is -0.227. The normalized spacial score (nSPS) is 17.6. The molecule has 32 heavy (non-hydrogen) atoms. The molecule has 0 spiro atoms. The Bertz CT molecular complexity index is 980. The standard InChI is InChI=1S/C26H29ClN2O3/c1-32-17-5-14-29-25(30)23(21-8-10-22(27)11-9-21)24(26(29)31)28-15-12-20(13-16-28)18-19-6-3-2-4-7-19/h2-4,6-11,20H,5,12-18H2,1H3. The van der Waals surface area contributed by atoms with Gasteiger partial charge in [0.15, 0.2) is 0 Å². The summed E-state index contributed by atoms with van der Waals surface area (Å²) in [5.74, 6) is 0.158. The molecule has 168 valence electrons. The molecule has 0 aromatic heterocycles. The minimum Gasteiger partial charge on any atom is -0.385 e. The first kappa shape index (κ1) is 22.6. The fourth-order valence-electron chi connectivity index (χ4n) is 4.61. The first-order valence-electron chi connectivity index (χ1n) is 11.2. The number of rotatable bonds is 8. The van der Waals surface area contributed by atoms with Crippen LogP contribution in [0.25, 0.3) is 5.57 Å². The molecule has 2 heterocycles. The van der Waals surface area contributed by atoms with E-state index in [1.54, 1.807) is 19.2 Å². The fraction of sp³-hybridized carbons (Fsp3) is 0.385. The van der Waals surface area contributed by atoms with Crippen molar-refractivity contribution in [3.8, 4) is 0 Å². The number of halogens is 1. The van der Waals surface area contributed by atoms with Gasteiger partial charge in [-0.05, 0) is 54.9 Å². The number of ether oxygens (including phenoxy) is 1. The zero-order valence-corrected chi connectivity index (χ0v) is 19.2. The molecule has 1 fully saturated rings. The second kappa shape index (κ2) is 10.3. The predicted octanol–water partition coefficient (Wildman–Crippen LogP) is 4.41. The van der Waals surface area contributed by atoms with Crippen LogP contribution in [0.5, 0.6) is 0 Å². The van der Waals surface area contributed by atoms with E-state index in [9.17, 15) is 9.59 Å². The van der Waals surface area contributed by atoms with Crippen molar-refractivity contribution in [3.05, 3.63) is 76.4 Å². The van der Waals surface area contributed by atoms with Crippen LogP contribution in [-0.2, 0) is 20.7 Å². The summed E-state index contributed by atoms with van der Waals surface area (Å²) in [6, 6.07) is 17.7. The van der Waals surface area contributed by atoms with Gasteiger partial charge in [-0.15, -0.1) is 0 Å². The molecule has 0 radical (unpaired) electrons. The zero-order chi connectivity index (χ0) is 22.5. The van der Waals surface area contributed by atoms with Gasteiger partial charge in [0, 0.05) is 38.4 Å². The van der Waals surface area contributed by atoms with E-state index < -0.39 is 0 Å². The third-order valence-electron chi connectivity index (χ3n) is 6.30. The lowest BCUT2D eigenvalue weighted by Gasteiger charge is -2.34. The third-order valence-corrected chi connectivity index (χ3v) is 6.56. The summed E-state index contributed by atoms with van der Waals surface area (Å²) in [6.45, 7) is 2.41. The first-order chi connectivity index (χ1) is 15.6. The van der Waals surface area contributed by atoms with Crippen LogP contribution in [0.4, 0.5) is 0 Å². The molecule has 0 unspecified atom stereocenters. The van der Waals surface area contributed by atoms with E-state index in [4.69, 9.17) is 16.3 Å². The summed E-state index contributed by atoms with van der Waals surface area (Å²) in [5, 5.41) is 0.603. The van der Waals surface area contributed by atoms with Gasteiger partial charge >= 0.3 is 0 Å². The smallest absolute Gasteiger partial charge is 0.277 e. The Hall–Kier alpha value is -2.63. The predicted molar refractivity (Wildman–Crippen MR) is 126 cm³/mol. The van der Waals surface area contributed by atoms with Crippen molar-refractivity contribution < 1.29 is 14.3 Å². The van der Waals surface area contributed by atoms with Crippen LogP contribution in [0, 0.1) is 5.92 Å². The number of nitrogens with zero attached hydrogens (tertiary/aromatic N) is 2. The number of imide groups is 1. The van der Waals surface area contributed by atoms with Gasteiger partial charge in [-0.25, -0.2) is 0 Å². The van der Waals surface area contributed by atoms with E-state index in [2.05, 4.69) is 29.2 Å². The Morgan fingerprint density at radius 1 is 0.969 bits per heavy atom. The van der Waals surface area contributed by atoms with Gasteiger partial charge in [0.2, 0.25) is 0 Å². The molecule has 0 bridgehead atoms. The molecular weight excluding hydrogens is 424 g/mol. The highest BCUT2D eigenvalue weighted by molar-refractivity contribution is 6.36. The van der Waals surface area contributed by atoms with Crippen molar-refractivity contribution in [2.45, 2.75) is 25.7 Å². The van der Waals surface area contributed by atoms with Crippen LogP contribution in [0.15, 0.2) is 60.3 Å². The summed E-state index contributed by atoms with van der Waals surface area (Å²) in [7, 11) is 1.62. The summed E-state index contributed by atoms with van der Waals surface area (Å²) in [4.78, 5) is 30.2. The Balaban J connectivity index is 1.54. The van der Waals surface area contributed by atoms with Gasteiger partial charge in [-0.3, -0.25) is 14.5 Å². The SMILES string of the molecule is COCCCN1C(=O)C(c2ccc(Cl)cc2)=C(N2CCC(Cc3ccccc3)CC2)C1=O. The van der Waals surface area contributed by atoms with Crippen LogP contribution in [0.3, 0.4) is 0 Å². The van der Waals surface area contributed by atoms with Gasteiger partial charge < -0.3 is 9.64 Å². The van der Waals surface area contributed by atoms with E-state index in [1.807, 2.05) is 18.2 Å². The number of likely N-dealkylation sites (tertiary alicyclic amines) is 1. The summed E-state index contributed by atoms with van der Waals surface area (Å²) in [6.07, 6.45) is 3.66. The van der Waals surface area contributed by atoms with Crippen LogP contribution >= 0.6 is 11.6 Å². The Labute approximate surface area is 194 Å². The largest absolute Gasteiger partial charge is 0.385 e. The fourth-order valence-corrected chi connectivity index (χ4v) is 4.74. The lowest BCUT2D eigenvalue weighted by molar-refractivity contribution is -0.137. The van der Waals surface area contributed by atoms with Gasteiger partial charge in [0.1, 0.15) is 5.70 Å². The van der Waals surface area contributed by atoms with Crippen LogP contribution < -0.4 is 0 Å². The van der Waals surface area contributed by atoms with Gasteiger partial charge in [-0.2, -0.15) is 0 Å². The highest BCUT2D eigenvalue weighted by atomic mass is 35.5. The lowest BCUT2D eigenvalue weighted by Crippen LogP contribution is -2.39. The van der Waals surface area contributed by atoms with Crippen LogP contribution in [0.2, 0.25) is 5.02 Å². The van der Waals surface area contributed by atoms with E-state index in [1.165, 1.54) is 10.5 Å². The molecule has 0 aliphatic carbocycles. The Morgan fingerprint density at radius 3 is 2.31 bits per heavy atom. The molecule has 0 atom stereocenters. The van der Waals surface area contributed by atoms with E-state index in [0.717, 1.165) is 37.9 Å². The van der Waals surface area contributed by atoms with Crippen LogP contribution in [0.1, 0.15) is 30.4 Å². The van der Waals surface area contributed by atoms with Crippen molar-refractivity contribution in [1.29, 1.82) is 0 Å². The second-order valence-corrected chi connectivity index (χ2v) is 8.90. The minimum absolute atomic E-state index is 0.197. The third kappa shape index (κ3) is 4.89. The second-order valence-electron chi connectivity index (χ2n) is 8.46. The molecule has 4 rings (SSSR count). The molecule has 0 saturated carbocycles. The van der Waals surface area contributed by atoms with E-state index in [-0.39, 0.29) is 11.8 Å². The molecule has 2 aliphatic rings. The molecule has 6 heteroatoms. The number of methoxy groups -OCH3 is 1. The number of amides is 2. The molecule has 2 aliphatic heterocycles.